The minimum Gasteiger partial charge on any atom is -0.497 e. The Hall–Kier alpha value is -3.06. The summed E-state index contributed by atoms with van der Waals surface area (Å²) in [6.07, 6.45) is 0. The monoisotopic (exact) mass is 411 g/mol. The topological polar surface area (TPSA) is 71.6 Å². The molecule has 6 nitrogen and oxygen atoms in total. The lowest BCUT2D eigenvalue weighted by Gasteiger charge is -2.31. The summed E-state index contributed by atoms with van der Waals surface area (Å²) >= 11 is 5.34. The molecule has 0 aromatic heterocycles. The summed E-state index contributed by atoms with van der Waals surface area (Å²) in [5, 5.41) is 9.72. The van der Waals surface area contributed by atoms with Crippen molar-refractivity contribution in [1.29, 1.82) is 0 Å². The lowest BCUT2D eigenvalue weighted by atomic mass is 9.93. The molecular formula is C22H25N3O3S. The highest BCUT2D eigenvalue weighted by Gasteiger charge is 2.32. The highest BCUT2D eigenvalue weighted by Crippen LogP contribution is 2.36. The van der Waals surface area contributed by atoms with Crippen LogP contribution in [0.3, 0.4) is 0 Å². The average molecular weight is 412 g/mol. The molecule has 0 saturated carbocycles. The third-order valence-electron chi connectivity index (χ3n) is 4.89. The van der Waals surface area contributed by atoms with Gasteiger partial charge < -0.3 is 25.4 Å². The second-order valence-corrected chi connectivity index (χ2v) is 7.36. The molecule has 0 aliphatic carbocycles. The van der Waals surface area contributed by atoms with Gasteiger partial charge in [-0.3, -0.25) is 4.79 Å². The lowest BCUT2D eigenvalue weighted by Crippen LogP contribution is -2.45. The Balaban J connectivity index is 2.03. The van der Waals surface area contributed by atoms with Crippen molar-refractivity contribution in [2.24, 2.45) is 0 Å². The van der Waals surface area contributed by atoms with Gasteiger partial charge in [0.2, 0.25) is 0 Å². The van der Waals surface area contributed by atoms with Gasteiger partial charge in [-0.25, -0.2) is 0 Å². The fourth-order valence-corrected chi connectivity index (χ4v) is 3.71. The molecule has 1 heterocycles. The second-order valence-electron chi connectivity index (χ2n) is 6.95. The van der Waals surface area contributed by atoms with Crippen LogP contribution in [0.1, 0.15) is 29.7 Å². The SMILES string of the molecule is COc1ccc(OC)c([C@H]2NC(=S)NC(C)=C2C(=O)Nc2ccc(C)cc2C)c1. The summed E-state index contributed by atoms with van der Waals surface area (Å²) < 4.78 is 10.9. The first-order valence-electron chi connectivity index (χ1n) is 9.23. The quantitative estimate of drug-likeness (QED) is 0.651. The fraction of sp³-hybridized carbons (Fsp3) is 0.273. The molecule has 0 bridgehead atoms. The molecule has 7 heteroatoms. The molecule has 1 amide bonds. The molecule has 3 N–H and O–H groups in total. The summed E-state index contributed by atoms with van der Waals surface area (Å²) in [4.78, 5) is 13.3. The van der Waals surface area contributed by atoms with Crippen molar-refractivity contribution in [3.8, 4) is 11.5 Å². The van der Waals surface area contributed by atoms with E-state index in [-0.39, 0.29) is 5.91 Å². The van der Waals surface area contributed by atoms with E-state index in [1.165, 1.54) is 0 Å². The molecule has 1 atom stereocenters. The number of ether oxygens (including phenoxy) is 2. The van der Waals surface area contributed by atoms with Gasteiger partial charge in [-0.05, 0) is 62.8 Å². The van der Waals surface area contributed by atoms with Crippen molar-refractivity contribution in [2.45, 2.75) is 26.8 Å². The van der Waals surface area contributed by atoms with Crippen LogP contribution >= 0.6 is 12.2 Å². The number of hydrogen-bond donors (Lipinski definition) is 3. The van der Waals surface area contributed by atoms with Crippen LogP contribution in [0, 0.1) is 13.8 Å². The maximum Gasteiger partial charge on any atom is 0.255 e. The van der Waals surface area contributed by atoms with E-state index < -0.39 is 6.04 Å². The van der Waals surface area contributed by atoms with Crippen molar-refractivity contribution >= 4 is 28.9 Å². The van der Waals surface area contributed by atoms with Gasteiger partial charge >= 0.3 is 0 Å². The number of carbonyl (C=O) groups excluding carboxylic acids is 1. The van der Waals surface area contributed by atoms with Gasteiger partial charge in [0.15, 0.2) is 5.11 Å². The molecule has 3 rings (SSSR count). The Labute approximate surface area is 176 Å². The van der Waals surface area contributed by atoms with Crippen LogP contribution in [0.25, 0.3) is 0 Å². The third-order valence-corrected chi connectivity index (χ3v) is 5.11. The van der Waals surface area contributed by atoms with Crippen molar-refractivity contribution in [3.05, 3.63) is 64.4 Å². The predicted octanol–water partition coefficient (Wildman–Crippen LogP) is 3.75. The normalized spacial score (nSPS) is 16.0. The summed E-state index contributed by atoms with van der Waals surface area (Å²) in [6, 6.07) is 10.9. The molecule has 0 unspecified atom stereocenters. The van der Waals surface area contributed by atoms with Crippen molar-refractivity contribution in [2.75, 3.05) is 19.5 Å². The number of rotatable bonds is 5. The van der Waals surface area contributed by atoms with E-state index in [9.17, 15) is 4.79 Å². The molecule has 0 radical (unpaired) electrons. The van der Waals surface area contributed by atoms with Crippen molar-refractivity contribution < 1.29 is 14.3 Å². The lowest BCUT2D eigenvalue weighted by molar-refractivity contribution is -0.113. The van der Waals surface area contributed by atoms with Gasteiger partial charge in [-0.1, -0.05) is 17.7 Å². The van der Waals surface area contributed by atoms with E-state index in [1.807, 2.05) is 57.2 Å². The summed E-state index contributed by atoms with van der Waals surface area (Å²) in [5.74, 6) is 1.09. The Morgan fingerprint density at radius 1 is 1.07 bits per heavy atom. The van der Waals surface area contributed by atoms with E-state index in [1.54, 1.807) is 14.2 Å². The fourth-order valence-electron chi connectivity index (χ4n) is 3.44. The second kappa shape index (κ2) is 8.53. The van der Waals surface area contributed by atoms with E-state index >= 15 is 0 Å². The van der Waals surface area contributed by atoms with Crippen LogP contribution in [0.15, 0.2) is 47.7 Å². The summed E-state index contributed by atoms with van der Waals surface area (Å²) in [6.45, 7) is 5.83. The number of thiocarbonyl (C=S) groups is 1. The number of carbonyl (C=O) groups is 1. The van der Waals surface area contributed by atoms with Crippen molar-refractivity contribution in [1.82, 2.24) is 10.6 Å². The van der Waals surface area contributed by atoms with E-state index in [0.717, 1.165) is 22.4 Å². The summed E-state index contributed by atoms with van der Waals surface area (Å²) in [7, 11) is 3.19. The highest BCUT2D eigenvalue weighted by atomic mass is 32.1. The van der Waals surface area contributed by atoms with Gasteiger partial charge in [-0.2, -0.15) is 0 Å². The maximum atomic E-state index is 13.3. The van der Waals surface area contributed by atoms with E-state index in [0.29, 0.717) is 27.9 Å². The minimum absolute atomic E-state index is 0.216. The van der Waals surface area contributed by atoms with Crippen LogP contribution < -0.4 is 25.4 Å². The smallest absolute Gasteiger partial charge is 0.255 e. The number of amides is 1. The first-order valence-corrected chi connectivity index (χ1v) is 9.63. The maximum absolute atomic E-state index is 13.3. The Morgan fingerprint density at radius 3 is 2.48 bits per heavy atom. The van der Waals surface area contributed by atoms with Crippen LogP contribution in [0.2, 0.25) is 0 Å². The number of allylic oxidation sites excluding steroid dienone is 1. The van der Waals surface area contributed by atoms with E-state index in [4.69, 9.17) is 21.7 Å². The number of aryl methyl sites for hydroxylation is 2. The molecule has 2 aromatic rings. The molecule has 2 aromatic carbocycles. The van der Waals surface area contributed by atoms with E-state index in [2.05, 4.69) is 16.0 Å². The number of benzene rings is 2. The van der Waals surface area contributed by atoms with Gasteiger partial charge in [0, 0.05) is 16.9 Å². The molecule has 0 spiro atoms. The van der Waals surface area contributed by atoms with Crippen LogP contribution in [-0.4, -0.2) is 25.2 Å². The zero-order chi connectivity index (χ0) is 21.1. The predicted molar refractivity (Wildman–Crippen MR) is 118 cm³/mol. The van der Waals surface area contributed by atoms with Crippen LogP contribution in [0.5, 0.6) is 11.5 Å². The average Bonchev–Trinajstić information content (AvgIpc) is 2.68. The Bertz CT molecular complexity index is 1000. The number of nitrogens with one attached hydrogen (secondary N) is 3. The minimum atomic E-state index is -0.487. The standard InChI is InChI=1S/C22H25N3O3S/c1-12-6-8-17(13(2)10-12)24-21(26)19-14(3)23-22(29)25-20(19)16-11-15(27-4)7-9-18(16)28-5/h6-11,20H,1-5H3,(H,24,26)(H2,23,25,29)/t20-/m1/s1. The first-order chi connectivity index (χ1) is 13.8. The molecule has 0 fully saturated rings. The highest BCUT2D eigenvalue weighted by molar-refractivity contribution is 7.80. The van der Waals surface area contributed by atoms with Crippen LogP contribution in [-0.2, 0) is 4.79 Å². The summed E-state index contributed by atoms with van der Waals surface area (Å²) in [5.41, 5.74) is 4.89. The van der Waals surface area contributed by atoms with Gasteiger partial charge in [0.05, 0.1) is 25.8 Å². The number of anilines is 1. The number of hydrogen-bond acceptors (Lipinski definition) is 4. The molecule has 152 valence electrons. The molecular weight excluding hydrogens is 386 g/mol. The van der Waals surface area contributed by atoms with Gasteiger partial charge in [0.1, 0.15) is 11.5 Å². The Kier molecular flexibility index (Phi) is 6.08. The molecule has 29 heavy (non-hydrogen) atoms. The van der Waals surface area contributed by atoms with Crippen molar-refractivity contribution in [3.63, 3.8) is 0 Å². The molecule has 1 aliphatic heterocycles. The zero-order valence-electron chi connectivity index (χ0n) is 17.2. The number of methoxy groups -OCH3 is 2. The molecule has 0 saturated heterocycles. The Morgan fingerprint density at radius 2 is 1.83 bits per heavy atom. The first kappa shape index (κ1) is 20.7. The zero-order valence-corrected chi connectivity index (χ0v) is 18.0. The van der Waals surface area contributed by atoms with Gasteiger partial charge in [0.25, 0.3) is 5.91 Å². The molecule has 1 aliphatic rings. The van der Waals surface area contributed by atoms with Gasteiger partial charge in [-0.15, -0.1) is 0 Å². The third kappa shape index (κ3) is 4.35. The van der Waals surface area contributed by atoms with Crippen LogP contribution in [0.4, 0.5) is 5.69 Å². The largest absolute Gasteiger partial charge is 0.497 e.